The second-order valence-corrected chi connectivity index (χ2v) is 10.2. The second kappa shape index (κ2) is 20.2. The number of nitrogens with one attached hydrogen (secondary N) is 1. The monoisotopic (exact) mass is 519 g/mol. The van der Waals surface area contributed by atoms with Crippen LogP contribution in [0.15, 0.2) is 0 Å². The summed E-state index contributed by atoms with van der Waals surface area (Å²) in [7, 11) is 0. The first-order valence-electron chi connectivity index (χ1n) is 14.2. The summed E-state index contributed by atoms with van der Waals surface area (Å²) < 4.78 is 11.0. The standard InChI is InChI=1S/C27H53NO8/c1-3-5-7-9-11-13-15-17-23(31)28-20(21(30)16-14-12-10-8-6-4-2)19-35-27-26(34)25(33)24(32)22(18-29)36-27/h20-22,24-27,29-30,32-34H,3-19H2,1-2H3,(H,28,31). The number of unbranched alkanes of at least 4 members (excludes halogenated alkanes) is 11. The number of carbonyl (C=O) groups is 1. The highest BCUT2D eigenvalue weighted by atomic mass is 16.7. The average Bonchev–Trinajstić information content (AvgIpc) is 2.87. The third kappa shape index (κ3) is 13.1. The first-order valence-corrected chi connectivity index (χ1v) is 14.2. The Balaban J connectivity index is 2.58. The van der Waals surface area contributed by atoms with Crippen molar-refractivity contribution in [3.63, 3.8) is 0 Å². The van der Waals surface area contributed by atoms with Gasteiger partial charge in [0, 0.05) is 6.42 Å². The van der Waals surface area contributed by atoms with Crippen LogP contribution in [0.2, 0.25) is 0 Å². The van der Waals surface area contributed by atoms with E-state index in [-0.39, 0.29) is 12.5 Å². The summed E-state index contributed by atoms with van der Waals surface area (Å²) in [6.45, 7) is 3.66. The maximum absolute atomic E-state index is 12.6. The lowest BCUT2D eigenvalue weighted by molar-refractivity contribution is -0.302. The molecular weight excluding hydrogens is 466 g/mol. The van der Waals surface area contributed by atoms with Crippen LogP contribution >= 0.6 is 0 Å². The summed E-state index contributed by atoms with van der Waals surface area (Å²) in [6.07, 6.45) is 7.35. The van der Waals surface area contributed by atoms with E-state index in [1.165, 1.54) is 44.9 Å². The zero-order valence-electron chi connectivity index (χ0n) is 22.5. The van der Waals surface area contributed by atoms with Gasteiger partial charge in [-0.25, -0.2) is 0 Å². The van der Waals surface area contributed by atoms with Crippen LogP contribution in [0.1, 0.15) is 110 Å². The van der Waals surface area contributed by atoms with E-state index in [2.05, 4.69) is 19.2 Å². The largest absolute Gasteiger partial charge is 0.394 e. The van der Waals surface area contributed by atoms with Crippen LogP contribution in [0.25, 0.3) is 0 Å². The normalized spacial score (nSPS) is 26.0. The van der Waals surface area contributed by atoms with Gasteiger partial charge in [-0.2, -0.15) is 0 Å². The van der Waals surface area contributed by atoms with Crippen LogP contribution in [-0.2, 0) is 14.3 Å². The van der Waals surface area contributed by atoms with E-state index in [1.54, 1.807) is 0 Å². The van der Waals surface area contributed by atoms with Gasteiger partial charge in [-0.05, 0) is 12.8 Å². The topological polar surface area (TPSA) is 149 Å². The molecule has 0 aromatic carbocycles. The lowest BCUT2D eigenvalue weighted by Gasteiger charge is -2.40. The van der Waals surface area contributed by atoms with E-state index in [0.717, 1.165) is 38.5 Å². The maximum atomic E-state index is 12.6. The number of ether oxygens (including phenoxy) is 2. The Morgan fingerprint density at radius 2 is 1.39 bits per heavy atom. The number of hydrogen-bond acceptors (Lipinski definition) is 8. The van der Waals surface area contributed by atoms with Gasteiger partial charge >= 0.3 is 0 Å². The molecule has 7 unspecified atom stereocenters. The smallest absolute Gasteiger partial charge is 0.220 e. The fourth-order valence-corrected chi connectivity index (χ4v) is 4.51. The first kappa shape index (κ1) is 33.2. The number of rotatable bonds is 21. The second-order valence-electron chi connectivity index (χ2n) is 10.2. The van der Waals surface area contributed by atoms with Gasteiger partial charge in [0.25, 0.3) is 0 Å². The van der Waals surface area contributed by atoms with Gasteiger partial charge in [0.2, 0.25) is 5.91 Å². The van der Waals surface area contributed by atoms with Gasteiger partial charge in [-0.15, -0.1) is 0 Å². The summed E-state index contributed by atoms with van der Waals surface area (Å²) in [5, 5.41) is 53.2. The van der Waals surface area contributed by atoms with E-state index >= 15 is 0 Å². The Labute approximate surface area is 217 Å². The van der Waals surface area contributed by atoms with Crippen molar-refractivity contribution in [2.45, 2.75) is 153 Å². The van der Waals surface area contributed by atoms with Crippen LogP contribution in [-0.4, -0.2) is 87.5 Å². The van der Waals surface area contributed by atoms with E-state index in [9.17, 15) is 30.3 Å². The molecule has 1 heterocycles. The summed E-state index contributed by atoms with van der Waals surface area (Å²) in [6, 6.07) is -0.704. The van der Waals surface area contributed by atoms with E-state index in [1.807, 2.05) is 0 Å². The van der Waals surface area contributed by atoms with Crippen LogP contribution in [0.3, 0.4) is 0 Å². The molecule has 0 aromatic rings. The summed E-state index contributed by atoms with van der Waals surface area (Å²) in [5.74, 6) is -0.159. The molecule has 0 radical (unpaired) electrons. The third-order valence-corrected chi connectivity index (χ3v) is 6.96. The zero-order valence-corrected chi connectivity index (χ0v) is 22.5. The van der Waals surface area contributed by atoms with E-state index in [4.69, 9.17) is 9.47 Å². The van der Waals surface area contributed by atoms with Crippen molar-refractivity contribution in [2.75, 3.05) is 13.2 Å². The zero-order chi connectivity index (χ0) is 26.8. The molecule has 1 aliphatic heterocycles. The van der Waals surface area contributed by atoms with E-state index in [0.29, 0.717) is 12.8 Å². The van der Waals surface area contributed by atoms with Gasteiger partial charge in [-0.1, -0.05) is 90.9 Å². The van der Waals surface area contributed by atoms with Crippen LogP contribution in [0.4, 0.5) is 0 Å². The van der Waals surface area contributed by atoms with Gasteiger partial charge in [0.15, 0.2) is 6.29 Å². The molecule has 7 atom stereocenters. The summed E-state index contributed by atoms with van der Waals surface area (Å²) in [5.41, 5.74) is 0. The van der Waals surface area contributed by atoms with Crippen LogP contribution < -0.4 is 5.32 Å². The van der Waals surface area contributed by atoms with Crippen molar-refractivity contribution in [3.05, 3.63) is 0 Å². The van der Waals surface area contributed by atoms with Crippen LogP contribution in [0.5, 0.6) is 0 Å². The van der Waals surface area contributed by atoms with Crippen molar-refractivity contribution in [1.82, 2.24) is 5.32 Å². The molecule has 0 spiro atoms. The quantitative estimate of drug-likeness (QED) is 0.127. The fourth-order valence-electron chi connectivity index (χ4n) is 4.51. The minimum atomic E-state index is -1.54. The van der Waals surface area contributed by atoms with Gasteiger partial charge in [0.05, 0.1) is 25.4 Å². The molecule has 36 heavy (non-hydrogen) atoms. The SMILES string of the molecule is CCCCCCCCCC(=O)NC(COC1OC(CO)C(O)C(O)C1O)C(O)CCCCCCCC. The Morgan fingerprint density at radius 3 is 1.97 bits per heavy atom. The average molecular weight is 520 g/mol. The number of aliphatic hydroxyl groups is 5. The van der Waals surface area contributed by atoms with Gasteiger partial charge in [0.1, 0.15) is 24.4 Å². The van der Waals surface area contributed by atoms with Gasteiger partial charge in [-0.3, -0.25) is 4.79 Å². The number of carbonyl (C=O) groups excluding carboxylic acids is 1. The van der Waals surface area contributed by atoms with Crippen molar-refractivity contribution in [2.24, 2.45) is 0 Å². The number of aliphatic hydroxyl groups excluding tert-OH is 5. The lowest BCUT2D eigenvalue weighted by Crippen LogP contribution is -2.60. The van der Waals surface area contributed by atoms with Crippen molar-refractivity contribution >= 4 is 5.91 Å². The molecule has 1 rings (SSSR count). The molecule has 214 valence electrons. The first-order chi connectivity index (χ1) is 17.3. The molecule has 0 bridgehead atoms. The highest BCUT2D eigenvalue weighted by Crippen LogP contribution is 2.22. The Bertz CT molecular complexity index is 550. The Hall–Kier alpha value is -0.810. The molecule has 9 nitrogen and oxygen atoms in total. The minimum Gasteiger partial charge on any atom is -0.394 e. The van der Waals surface area contributed by atoms with Crippen molar-refractivity contribution in [3.8, 4) is 0 Å². The van der Waals surface area contributed by atoms with Gasteiger partial charge < -0.3 is 40.3 Å². The molecule has 6 N–H and O–H groups in total. The summed E-state index contributed by atoms with van der Waals surface area (Å²) in [4.78, 5) is 12.6. The maximum Gasteiger partial charge on any atom is 0.220 e. The predicted molar refractivity (Wildman–Crippen MR) is 138 cm³/mol. The number of hydrogen-bond donors (Lipinski definition) is 6. The predicted octanol–water partition coefficient (Wildman–Crippen LogP) is 2.54. The highest BCUT2D eigenvalue weighted by molar-refractivity contribution is 5.76. The third-order valence-electron chi connectivity index (χ3n) is 6.96. The molecule has 1 saturated heterocycles. The van der Waals surface area contributed by atoms with Crippen LogP contribution in [0, 0.1) is 0 Å². The lowest BCUT2D eigenvalue weighted by atomic mass is 9.99. The minimum absolute atomic E-state index is 0.136. The highest BCUT2D eigenvalue weighted by Gasteiger charge is 2.44. The summed E-state index contributed by atoms with van der Waals surface area (Å²) >= 11 is 0. The Kier molecular flexibility index (Phi) is 18.6. The molecular formula is C27H53NO8. The molecule has 0 aromatic heterocycles. The van der Waals surface area contributed by atoms with Crippen molar-refractivity contribution in [1.29, 1.82) is 0 Å². The number of amides is 1. The van der Waals surface area contributed by atoms with Crippen molar-refractivity contribution < 1.29 is 39.8 Å². The molecule has 9 heteroatoms. The van der Waals surface area contributed by atoms with E-state index < -0.39 is 49.5 Å². The molecule has 0 saturated carbocycles. The molecule has 1 aliphatic rings. The molecule has 1 fully saturated rings. The molecule has 1 amide bonds. The Morgan fingerprint density at radius 1 is 0.833 bits per heavy atom. The molecule has 0 aliphatic carbocycles. The fraction of sp³-hybridized carbons (Fsp3) is 0.963.